The highest BCUT2D eigenvalue weighted by atomic mass is 16.5. The largest absolute Gasteiger partial charge is 0.497 e. The average molecular weight is 418 g/mol. The predicted octanol–water partition coefficient (Wildman–Crippen LogP) is 5.78. The first kappa shape index (κ1) is 22.4. The van der Waals surface area contributed by atoms with Crippen LogP contribution < -0.4 is 14.2 Å². The standard InChI is InChI=1S/C27H31NO3/c1-28(21-23-8-5-4-6-9-23)16-7-17-31-25-14-12-22(13-15-25)10-11-24-18-26(29-2)20-27(19-24)30-3/h4-6,8-15,18-20H,7,16-17,21H2,1-3H3/b11-10+. The Hall–Kier alpha value is -3.24. The van der Waals surface area contributed by atoms with Crippen molar-refractivity contribution in [3.63, 3.8) is 0 Å². The lowest BCUT2D eigenvalue weighted by molar-refractivity contribution is 0.259. The van der Waals surface area contributed by atoms with Gasteiger partial charge in [0.2, 0.25) is 0 Å². The Bertz CT molecular complexity index is 930. The summed E-state index contributed by atoms with van der Waals surface area (Å²) in [5, 5.41) is 0. The zero-order valence-corrected chi connectivity index (χ0v) is 18.6. The minimum atomic E-state index is 0.706. The van der Waals surface area contributed by atoms with Gasteiger partial charge in [-0.3, -0.25) is 0 Å². The van der Waals surface area contributed by atoms with E-state index in [1.165, 1.54) is 5.56 Å². The summed E-state index contributed by atoms with van der Waals surface area (Å²) in [6.45, 7) is 2.67. The molecule has 4 nitrogen and oxygen atoms in total. The Kier molecular flexibility index (Phi) is 8.56. The van der Waals surface area contributed by atoms with Crippen molar-refractivity contribution in [3.8, 4) is 17.2 Å². The fourth-order valence-corrected chi connectivity index (χ4v) is 3.29. The van der Waals surface area contributed by atoms with Gasteiger partial charge in [-0.1, -0.05) is 54.6 Å². The van der Waals surface area contributed by atoms with Crippen molar-refractivity contribution in [1.29, 1.82) is 0 Å². The number of rotatable bonds is 11. The first-order valence-electron chi connectivity index (χ1n) is 10.5. The number of hydrogen-bond acceptors (Lipinski definition) is 4. The molecule has 0 spiro atoms. The Labute approximate surface area is 185 Å². The lowest BCUT2D eigenvalue weighted by atomic mass is 10.1. The molecular formula is C27H31NO3. The zero-order chi connectivity index (χ0) is 21.9. The molecule has 0 saturated carbocycles. The minimum absolute atomic E-state index is 0.706. The highest BCUT2D eigenvalue weighted by molar-refractivity contribution is 5.71. The molecule has 0 atom stereocenters. The average Bonchev–Trinajstić information content (AvgIpc) is 2.81. The van der Waals surface area contributed by atoms with Crippen LogP contribution in [-0.4, -0.2) is 39.3 Å². The van der Waals surface area contributed by atoms with Crippen molar-refractivity contribution in [2.45, 2.75) is 13.0 Å². The molecule has 0 unspecified atom stereocenters. The smallest absolute Gasteiger partial charge is 0.123 e. The molecule has 0 aliphatic carbocycles. The maximum atomic E-state index is 5.90. The van der Waals surface area contributed by atoms with Crippen LogP contribution in [-0.2, 0) is 6.54 Å². The van der Waals surface area contributed by atoms with Crippen molar-refractivity contribution in [3.05, 3.63) is 89.5 Å². The van der Waals surface area contributed by atoms with Gasteiger partial charge in [-0.05, 0) is 54.4 Å². The van der Waals surface area contributed by atoms with Crippen molar-refractivity contribution < 1.29 is 14.2 Å². The highest BCUT2D eigenvalue weighted by Gasteiger charge is 2.02. The fraction of sp³-hybridized carbons (Fsp3) is 0.259. The molecule has 162 valence electrons. The first-order chi connectivity index (χ1) is 15.2. The fourth-order valence-electron chi connectivity index (χ4n) is 3.29. The number of hydrogen-bond donors (Lipinski definition) is 0. The van der Waals surface area contributed by atoms with Gasteiger partial charge in [-0.25, -0.2) is 0 Å². The van der Waals surface area contributed by atoms with E-state index in [2.05, 4.69) is 54.4 Å². The molecule has 3 aromatic carbocycles. The van der Waals surface area contributed by atoms with Gasteiger partial charge in [0.15, 0.2) is 0 Å². The molecule has 0 aromatic heterocycles. The summed E-state index contributed by atoms with van der Waals surface area (Å²) in [4.78, 5) is 2.32. The Morgan fingerprint density at radius 2 is 1.39 bits per heavy atom. The summed E-state index contributed by atoms with van der Waals surface area (Å²) in [5.74, 6) is 2.44. The molecule has 0 heterocycles. The molecule has 3 rings (SSSR count). The van der Waals surface area contributed by atoms with Crippen LogP contribution >= 0.6 is 0 Å². The minimum Gasteiger partial charge on any atom is -0.497 e. The molecule has 0 saturated heterocycles. The van der Waals surface area contributed by atoms with Gasteiger partial charge in [0.25, 0.3) is 0 Å². The van der Waals surface area contributed by atoms with Gasteiger partial charge in [0, 0.05) is 19.2 Å². The lowest BCUT2D eigenvalue weighted by Gasteiger charge is -2.16. The molecule has 0 aliphatic rings. The van der Waals surface area contributed by atoms with E-state index in [-0.39, 0.29) is 0 Å². The summed E-state index contributed by atoms with van der Waals surface area (Å²) >= 11 is 0. The number of nitrogens with zero attached hydrogens (tertiary/aromatic N) is 1. The summed E-state index contributed by atoms with van der Waals surface area (Å²) in [5.41, 5.74) is 3.47. The van der Waals surface area contributed by atoms with E-state index in [0.29, 0.717) is 6.61 Å². The van der Waals surface area contributed by atoms with Gasteiger partial charge < -0.3 is 19.1 Å². The van der Waals surface area contributed by atoms with E-state index in [9.17, 15) is 0 Å². The lowest BCUT2D eigenvalue weighted by Crippen LogP contribution is -2.20. The number of benzene rings is 3. The van der Waals surface area contributed by atoms with E-state index in [1.54, 1.807) is 14.2 Å². The molecule has 31 heavy (non-hydrogen) atoms. The summed E-state index contributed by atoms with van der Waals surface area (Å²) in [6.07, 6.45) is 5.10. The van der Waals surface area contributed by atoms with E-state index in [0.717, 1.165) is 47.9 Å². The topological polar surface area (TPSA) is 30.9 Å². The summed E-state index contributed by atoms with van der Waals surface area (Å²) in [7, 11) is 5.46. The van der Waals surface area contributed by atoms with Gasteiger partial charge in [-0.15, -0.1) is 0 Å². The Balaban J connectivity index is 1.44. The van der Waals surface area contributed by atoms with Gasteiger partial charge >= 0.3 is 0 Å². The molecule has 0 amide bonds. The molecule has 4 heteroatoms. The van der Waals surface area contributed by atoms with Gasteiger partial charge in [0.05, 0.1) is 20.8 Å². The SMILES string of the molecule is COc1cc(/C=C/c2ccc(OCCCN(C)Cc3ccccc3)cc2)cc(OC)c1. The van der Waals surface area contributed by atoms with E-state index in [1.807, 2.05) is 42.5 Å². The summed E-state index contributed by atoms with van der Waals surface area (Å²) in [6, 6.07) is 24.5. The normalized spacial score (nSPS) is 11.1. The van der Waals surface area contributed by atoms with Crippen LogP contribution in [0.25, 0.3) is 12.2 Å². The van der Waals surface area contributed by atoms with Crippen molar-refractivity contribution >= 4 is 12.2 Å². The quantitative estimate of drug-likeness (QED) is 0.292. The summed E-state index contributed by atoms with van der Waals surface area (Å²) < 4.78 is 16.5. The second kappa shape index (κ2) is 11.8. The van der Waals surface area contributed by atoms with E-state index < -0.39 is 0 Å². The van der Waals surface area contributed by atoms with Crippen LogP contribution in [0.5, 0.6) is 17.2 Å². The monoisotopic (exact) mass is 417 g/mol. The van der Waals surface area contributed by atoms with E-state index >= 15 is 0 Å². The van der Waals surface area contributed by atoms with Crippen molar-refractivity contribution in [1.82, 2.24) is 4.90 Å². The Morgan fingerprint density at radius 3 is 2.03 bits per heavy atom. The molecule has 3 aromatic rings. The van der Waals surface area contributed by atoms with Gasteiger partial charge in [-0.2, -0.15) is 0 Å². The van der Waals surface area contributed by atoms with Crippen LogP contribution in [0.2, 0.25) is 0 Å². The van der Waals surface area contributed by atoms with Crippen LogP contribution in [0.3, 0.4) is 0 Å². The first-order valence-corrected chi connectivity index (χ1v) is 10.5. The van der Waals surface area contributed by atoms with Crippen LogP contribution in [0.1, 0.15) is 23.1 Å². The zero-order valence-electron chi connectivity index (χ0n) is 18.6. The van der Waals surface area contributed by atoms with Gasteiger partial charge in [0.1, 0.15) is 17.2 Å². The van der Waals surface area contributed by atoms with Crippen LogP contribution in [0, 0.1) is 0 Å². The molecule has 0 bridgehead atoms. The number of ether oxygens (including phenoxy) is 3. The molecule has 0 radical (unpaired) electrons. The maximum Gasteiger partial charge on any atom is 0.123 e. The molecule has 0 N–H and O–H groups in total. The molecule has 0 aliphatic heterocycles. The highest BCUT2D eigenvalue weighted by Crippen LogP contribution is 2.24. The van der Waals surface area contributed by atoms with E-state index in [4.69, 9.17) is 14.2 Å². The third-order valence-electron chi connectivity index (χ3n) is 4.97. The Morgan fingerprint density at radius 1 is 0.742 bits per heavy atom. The van der Waals surface area contributed by atoms with Crippen molar-refractivity contribution in [2.24, 2.45) is 0 Å². The molecular weight excluding hydrogens is 386 g/mol. The van der Waals surface area contributed by atoms with Crippen LogP contribution in [0.4, 0.5) is 0 Å². The molecule has 0 fully saturated rings. The third-order valence-corrected chi connectivity index (χ3v) is 4.97. The second-order valence-corrected chi connectivity index (χ2v) is 7.47. The third kappa shape index (κ3) is 7.50. The predicted molar refractivity (Wildman–Crippen MR) is 128 cm³/mol. The number of methoxy groups -OCH3 is 2. The van der Waals surface area contributed by atoms with Crippen molar-refractivity contribution in [2.75, 3.05) is 34.4 Å². The second-order valence-electron chi connectivity index (χ2n) is 7.47. The van der Waals surface area contributed by atoms with Crippen LogP contribution in [0.15, 0.2) is 72.8 Å². The maximum absolute atomic E-state index is 5.90.